The third-order valence-electron chi connectivity index (χ3n) is 0.788. The number of carbonyl (C=O) groups excluding carboxylic acids is 1. The SMILES string of the molecule is CCOC(=O)NO.OCC(O)CO. The summed E-state index contributed by atoms with van der Waals surface area (Å²) in [5, 5.41) is 31.8. The number of aliphatic hydroxyl groups excluding tert-OH is 3. The number of amides is 1. The molecular formula is C6H15NO6. The van der Waals surface area contributed by atoms with Crippen LogP contribution >= 0.6 is 0 Å². The van der Waals surface area contributed by atoms with E-state index in [0.717, 1.165) is 0 Å². The molecule has 0 aliphatic heterocycles. The molecule has 0 aromatic carbocycles. The molecule has 0 radical (unpaired) electrons. The molecule has 80 valence electrons. The van der Waals surface area contributed by atoms with Gasteiger partial charge in [0.1, 0.15) is 6.10 Å². The zero-order chi connectivity index (χ0) is 10.7. The fourth-order valence-corrected chi connectivity index (χ4v) is 0.221. The van der Waals surface area contributed by atoms with Crippen molar-refractivity contribution < 1.29 is 30.1 Å². The summed E-state index contributed by atoms with van der Waals surface area (Å²) in [5.41, 5.74) is 1.30. The maximum atomic E-state index is 9.83. The maximum absolute atomic E-state index is 9.83. The van der Waals surface area contributed by atoms with Crippen molar-refractivity contribution in [3.63, 3.8) is 0 Å². The second-order valence-electron chi connectivity index (χ2n) is 1.85. The molecule has 1 amide bonds. The quantitative estimate of drug-likeness (QED) is 0.276. The molecule has 0 rings (SSSR count). The number of ether oxygens (including phenoxy) is 1. The van der Waals surface area contributed by atoms with Crippen molar-refractivity contribution in [1.29, 1.82) is 0 Å². The molecule has 7 nitrogen and oxygen atoms in total. The van der Waals surface area contributed by atoms with Crippen LogP contribution in [-0.4, -0.2) is 52.5 Å². The van der Waals surface area contributed by atoms with Gasteiger partial charge in [0.25, 0.3) is 0 Å². The largest absolute Gasteiger partial charge is 0.448 e. The molecule has 0 aliphatic rings. The summed E-state index contributed by atoms with van der Waals surface area (Å²) in [5.74, 6) is 0. The van der Waals surface area contributed by atoms with Crippen LogP contribution in [0.15, 0.2) is 0 Å². The van der Waals surface area contributed by atoms with E-state index in [1.165, 1.54) is 5.48 Å². The summed E-state index contributed by atoms with van der Waals surface area (Å²) >= 11 is 0. The fourth-order valence-electron chi connectivity index (χ4n) is 0.221. The second kappa shape index (κ2) is 11.1. The summed E-state index contributed by atoms with van der Waals surface area (Å²) in [6.45, 7) is 1.19. The first-order valence-electron chi connectivity index (χ1n) is 3.58. The Labute approximate surface area is 75.5 Å². The summed E-state index contributed by atoms with van der Waals surface area (Å²) in [6, 6.07) is 0. The van der Waals surface area contributed by atoms with Crippen LogP contribution in [-0.2, 0) is 4.74 Å². The molecule has 0 unspecified atom stereocenters. The summed E-state index contributed by atoms with van der Waals surface area (Å²) in [6.07, 6.45) is -1.77. The monoisotopic (exact) mass is 197 g/mol. The number of hydrogen-bond acceptors (Lipinski definition) is 6. The van der Waals surface area contributed by atoms with Gasteiger partial charge < -0.3 is 20.1 Å². The van der Waals surface area contributed by atoms with E-state index in [-0.39, 0.29) is 19.8 Å². The van der Waals surface area contributed by atoms with Crippen molar-refractivity contribution in [3.8, 4) is 0 Å². The zero-order valence-corrected chi connectivity index (χ0v) is 7.30. The highest BCUT2D eigenvalue weighted by Gasteiger charge is 1.93. The summed E-state index contributed by atoms with van der Waals surface area (Å²) in [7, 11) is 0. The topological polar surface area (TPSA) is 119 Å². The lowest BCUT2D eigenvalue weighted by atomic mass is 10.4. The highest BCUT2D eigenvalue weighted by molar-refractivity contribution is 5.65. The van der Waals surface area contributed by atoms with Gasteiger partial charge in [-0.3, -0.25) is 5.21 Å². The smallest absolute Gasteiger partial charge is 0.431 e. The molecule has 0 heterocycles. The minimum atomic E-state index is -0.954. The molecule has 0 saturated heterocycles. The van der Waals surface area contributed by atoms with Crippen LogP contribution in [0.2, 0.25) is 0 Å². The van der Waals surface area contributed by atoms with E-state index in [4.69, 9.17) is 20.5 Å². The highest BCUT2D eigenvalue weighted by Crippen LogP contribution is 1.71. The highest BCUT2D eigenvalue weighted by atomic mass is 16.6. The predicted molar refractivity (Wildman–Crippen MR) is 42.1 cm³/mol. The molecule has 0 bridgehead atoms. The molecule has 5 N–H and O–H groups in total. The van der Waals surface area contributed by atoms with Crippen LogP contribution in [0, 0.1) is 0 Å². The Morgan fingerprint density at radius 3 is 2.00 bits per heavy atom. The minimum Gasteiger partial charge on any atom is -0.448 e. The fraction of sp³-hybridized carbons (Fsp3) is 0.833. The molecule has 0 atom stereocenters. The van der Waals surface area contributed by atoms with Crippen molar-refractivity contribution >= 4 is 6.09 Å². The van der Waals surface area contributed by atoms with E-state index in [2.05, 4.69) is 4.74 Å². The Bertz CT molecular complexity index is 116. The first kappa shape index (κ1) is 14.6. The van der Waals surface area contributed by atoms with Gasteiger partial charge in [0.05, 0.1) is 19.8 Å². The lowest BCUT2D eigenvalue weighted by Crippen LogP contribution is -2.19. The second-order valence-corrected chi connectivity index (χ2v) is 1.85. The van der Waals surface area contributed by atoms with Gasteiger partial charge in [-0.05, 0) is 6.92 Å². The van der Waals surface area contributed by atoms with Gasteiger partial charge in [-0.2, -0.15) is 0 Å². The minimum absolute atomic E-state index is 0.270. The van der Waals surface area contributed by atoms with Crippen molar-refractivity contribution in [1.82, 2.24) is 5.48 Å². The van der Waals surface area contributed by atoms with E-state index in [1.54, 1.807) is 6.92 Å². The van der Waals surface area contributed by atoms with Gasteiger partial charge in [-0.25, -0.2) is 10.3 Å². The number of rotatable bonds is 3. The zero-order valence-electron chi connectivity index (χ0n) is 7.30. The Kier molecular flexibility index (Phi) is 12.5. The van der Waals surface area contributed by atoms with Gasteiger partial charge in [0.2, 0.25) is 0 Å². The average Bonchev–Trinajstić information content (AvgIpc) is 2.18. The third-order valence-corrected chi connectivity index (χ3v) is 0.788. The summed E-state index contributed by atoms with van der Waals surface area (Å²) in [4.78, 5) is 9.83. The van der Waals surface area contributed by atoms with Crippen LogP contribution in [0.25, 0.3) is 0 Å². The van der Waals surface area contributed by atoms with Crippen molar-refractivity contribution in [2.24, 2.45) is 0 Å². The van der Waals surface area contributed by atoms with Crippen LogP contribution in [0.5, 0.6) is 0 Å². The lowest BCUT2D eigenvalue weighted by molar-refractivity contribution is 0.0450. The number of hydroxylamine groups is 1. The van der Waals surface area contributed by atoms with Gasteiger partial charge >= 0.3 is 6.09 Å². The molecule has 0 saturated carbocycles. The van der Waals surface area contributed by atoms with Gasteiger partial charge in [0.15, 0.2) is 0 Å². The van der Waals surface area contributed by atoms with Crippen LogP contribution < -0.4 is 5.48 Å². The predicted octanol–water partition coefficient (Wildman–Crippen LogP) is -1.55. The van der Waals surface area contributed by atoms with Crippen molar-refractivity contribution in [2.45, 2.75) is 13.0 Å². The van der Waals surface area contributed by atoms with Crippen molar-refractivity contribution in [2.75, 3.05) is 19.8 Å². The molecule has 0 fully saturated rings. The number of nitrogens with one attached hydrogen (secondary N) is 1. The first-order chi connectivity index (χ1) is 6.12. The Balaban J connectivity index is 0. The van der Waals surface area contributed by atoms with E-state index in [9.17, 15) is 4.79 Å². The number of carbonyl (C=O) groups is 1. The molecule has 0 aromatic rings. The Morgan fingerprint density at radius 1 is 1.46 bits per heavy atom. The molecule has 0 aromatic heterocycles. The first-order valence-corrected chi connectivity index (χ1v) is 3.58. The Hall–Kier alpha value is -0.890. The molecule has 0 aliphatic carbocycles. The van der Waals surface area contributed by atoms with Crippen LogP contribution in [0.4, 0.5) is 4.79 Å². The third kappa shape index (κ3) is 14.0. The van der Waals surface area contributed by atoms with Crippen LogP contribution in [0.1, 0.15) is 6.92 Å². The lowest BCUT2D eigenvalue weighted by Gasteiger charge is -1.96. The average molecular weight is 197 g/mol. The molecule has 7 heteroatoms. The number of hydrogen-bond donors (Lipinski definition) is 5. The molecular weight excluding hydrogens is 182 g/mol. The van der Waals surface area contributed by atoms with E-state index in [1.807, 2.05) is 0 Å². The maximum Gasteiger partial charge on any atom is 0.431 e. The Morgan fingerprint density at radius 2 is 1.92 bits per heavy atom. The standard InChI is InChI=1S/C3H7NO3.C3H8O3/c1-2-7-3(5)4-6;4-1-3(6)2-5/h6H,2H2,1H3,(H,4,5);3-6H,1-2H2. The van der Waals surface area contributed by atoms with E-state index >= 15 is 0 Å². The van der Waals surface area contributed by atoms with Gasteiger partial charge in [-0.15, -0.1) is 0 Å². The van der Waals surface area contributed by atoms with Gasteiger partial charge in [0, 0.05) is 0 Å². The number of aliphatic hydroxyl groups is 3. The van der Waals surface area contributed by atoms with Crippen LogP contribution in [0.3, 0.4) is 0 Å². The van der Waals surface area contributed by atoms with Gasteiger partial charge in [-0.1, -0.05) is 0 Å². The molecule has 0 spiro atoms. The van der Waals surface area contributed by atoms with E-state index < -0.39 is 12.2 Å². The molecule has 13 heavy (non-hydrogen) atoms. The van der Waals surface area contributed by atoms with Crippen molar-refractivity contribution in [3.05, 3.63) is 0 Å². The summed E-state index contributed by atoms with van der Waals surface area (Å²) < 4.78 is 4.19. The normalized spacial score (nSPS) is 8.77. The van der Waals surface area contributed by atoms with E-state index in [0.29, 0.717) is 0 Å².